The van der Waals surface area contributed by atoms with Crippen LogP contribution in [-0.2, 0) is 14.3 Å². The van der Waals surface area contributed by atoms with Gasteiger partial charge in [0.05, 0.1) is 6.61 Å². The summed E-state index contributed by atoms with van der Waals surface area (Å²) in [7, 11) is 1.57. The summed E-state index contributed by atoms with van der Waals surface area (Å²) in [6, 6.07) is -0.625. The number of barbiturate groups is 1. The SMILES string of the molecule is CCCC1C(=O)NC(=O)N(CC(C)COC)C1=O. The zero-order valence-corrected chi connectivity index (χ0v) is 11.1. The van der Waals surface area contributed by atoms with Gasteiger partial charge < -0.3 is 4.74 Å². The van der Waals surface area contributed by atoms with E-state index in [0.717, 1.165) is 11.3 Å². The van der Waals surface area contributed by atoms with E-state index in [0.29, 0.717) is 13.0 Å². The van der Waals surface area contributed by atoms with E-state index in [9.17, 15) is 14.4 Å². The van der Waals surface area contributed by atoms with Gasteiger partial charge >= 0.3 is 6.03 Å². The minimum atomic E-state index is -0.734. The maximum absolute atomic E-state index is 12.1. The second-order valence-corrected chi connectivity index (χ2v) is 4.65. The van der Waals surface area contributed by atoms with Crippen LogP contribution in [0.4, 0.5) is 4.79 Å². The fourth-order valence-electron chi connectivity index (χ4n) is 2.03. The summed E-state index contributed by atoms with van der Waals surface area (Å²) in [4.78, 5) is 36.4. The molecule has 2 unspecified atom stereocenters. The Hall–Kier alpha value is -1.43. The molecule has 0 radical (unpaired) electrons. The summed E-state index contributed by atoms with van der Waals surface area (Å²) < 4.78 is 4.97. The monoisotopic (exact) mass is 256 g/mol. The van der Waals surface area contributed by atoms with E-state index in [-0.39, 0.29) is 12.5 Å². The highest BCUT2D eigenvalue weighted by atomic mass is 16.5. The standard InChI is InChI=1S/C12H20N2O4/c1-4-5-9-10(15)13-12(17)14(11(9)16)6-8(2)7-18-3/h8-9H,4-7H2,1-3H3,(H,13,15,17). The van der Waals surface area contributed by atoms with Crippen LogP contribution in [0.15, 0.2) is 0 Å². The van der Waals surface area contributed by atoms with Crippen molar-refractivity contribution in [1.82, 2.24) is 10.2 Å². The molecule has 1 rings (SSSR count). The Labute approximate surface area is 107 Å². The lowest BCUT2D eigenvalue weighted by Gasteiger charge is -2.31. The number of hydrogen-bond donors (Lipinski definition) is 1. The van der Waals surface area contributed by atoms with Crippen molar-refractivity contribution in [3.8, 4) is 0 Å². The molecule has 0 aromatic rings. The Morgan fingerprint density at radius 1 is 1.39 bits per heavy atom. The third kappa shape index (κ3) is 3.29. The van der Waals surface area contributed by atoms with Gasteiger partial charge in [0.1, 0.15) is 5.92 Å². The molecule has 4 amide bonds. The molecule has 0 aliphatic carbocycles. The number of imide groups is 2. The molecule has 0 aromatic carbocycles. The fourth-order valence-corrected chi connectivity index (χ4v) is 2.03. The molecular formula is C12H20N2O4. The molecule has 0 aromatic heterocycles. The number of carbonyl (C=O) groups excluding carboxylic acids is 3. The molecule has 1 aliphatic rings. The summed E-state index contributed by atoms with van der Waals surface area (Å²) in [6.07, 6.45) is 1.19. The normalized spacial score (nSPS) is 22.1. The molecule has 1 aliphatic heterocycles. The Balaban J connectivity index is 2.73. The molecule has 0 spiro atoms. The number of carbonyl (C=O) groups is 3. The summed E-state index contributed by atoms with van der Waals surface area (Å²) in [5, 5.41) is 2.23. The van der Waals surface area contributed by atoms with E-state index in [1.54, 1.807) is 7.11 Å². The first-order valence-corrected chi connectivity index (χ1v) is 6.16. The van der Waals surface area contributed by atoms with Crippen molar-refractivity contribution < 1.29 is 19.1 Å². The van der Waals surface area contributed by atoms with Crippen LogP contribution < -0.4 is 5.32 Å². The van der Waals surface area contributed by atoms with Crippen molar-refractivity contribution >= 4 is 17.8 Å². The molecule has 1 saturated heterocycles. The lowest BCUT2D eigenvalue weighted by Crippen LogP contribution is -2.58. The summed E-state index contributed by atoms with van der Waals surface area (Å²) in [6.45, 7) is 4.51. The number of amides is 4. The molecule has 6 nitrogen and oxygen atoms in total. The maximum atomic E-state index is 12.1. The van der Waals surface area contributed by atoms with Gasteiger partial charge in [0.25, 0.3) is 0 Å². The molecule has 2 atom stereocenters. The van der Waals surface area contributed by atoms with Crippen LogP contribution in [0.25, 0.3) is 0 Å². The smallest absolute Gasteiger partial charge is 0.330 e. The average Bonchev–Trinajstić information content (AvgIpc) is 2.30. The minimum Gasteiger partial charge on any atom is -0.384 e. The highest BCUT2D eigenvalue weighted by molar-refractivity contribution is 6.16. The van der Waals surface area contributed by atoms with Crippen LogP contribution >= 0.6 is 0 Å². The molecule has 1 N–H and O–H groups in total. The Morgan fingerprint density at radius 3 is 2.61 bits per heavy atom. The lowest BCUT2D eigenvalue weighted by molar-refractivity contribution is -0.143. The molecule has 102 valence electrons. The molecular weight excluding hydrogens is 236 g/mol. The molecule has 0 bridgehead atoms. The van der Waals surface area contributed by atoms with Crippen molar-refractivity contribution in [2.24, 2.45) is 11.8 Å². The fraction of sp³-hybridized carbons (Fsp3) is 0.750. The van der Waals surface area contributed by atoms with Gasteiger partial charge in [-0.05, 0) is 12.3 Å². The zero-order valence-electron chi connectivity index (χ0n) is 11.1. The van der Waals surface area contributed by atoms with Gasteiger partial charge in [-0.25, -0.2) is 4.79 Å². The van der Waals surface area contributed by atoms with Gasteiger partial charge in [0, 0.05) is 13.7 Å². The number of ether oxygens (including phenoxy) is 1. The van der Waals surface area contributed by atoms with Crippen molar-refractivity contribution in [2.75, 3.05) is 20.3 Å². The van der Waals surface area contributed by atoms with Crippen LogP contribution in [0.1, 0.15) is 26.7 Å². The Kier molecular flexibility index (Phi) is 5.27. The van der Waals surface area contributed by atoms with Crippen molar-refractivity contribution in [3.05, 3.63) is 0 Å². The number of nitrogens with zero attached hydrogens (tertiary/aromatic N) is 1. The zero-order chi connectivity index (χ0) is 13.7. The first-order valence-electron chi connectivity index (χ1n) is 6.16. The van der Waals surface area contributed by atoms with Gasteiger partial charge in [-0.3, -0.25) is 19.8 Å². The summed E-state index contributed by atoms with van der Waals surface area (Å²) in [5.74, 6) is -1.57. The van der Waals surface area contributed by atoms with Crippen molar-refractivity contribution in [1.29, 1.82) is 0 Å². The van der Waals surface area contributed by atoms with Crippen LogP contribution in [0, 0.1) is 11.8 Å². The molecule has 1 fully saturated rings. The number of rotatable bonds is 6. The molecule has 18 heavy (non-hydrogen) atoms. The second-order valence-electron chi connectivity index (χ2n) is 4.65. The molecule has 6 heteroatoms. The maximum Gasteiger partial charge on any atom is 0.330 e. The van der Waals surface area contributed by atoms with E-state index in [1.807, 2.05) is 13.8 Å². The van der Waals surface area contributed by atoms with E-state index >= 15 is 0 Å². The predicted molar refractivity (Wildman–Crippen MR) is 64.7 cm³/mol. The largest absolute Gasteiger partial charge is 0.384 e. The van der Waals surface area contributed by atoms with Crippen LogP contribution in [0.2, 0.25) is 0 Å². The number of methoxy groups -OCH3 is 1. The van der Waals surface area contributed by atoms with E-state index < -0.39 is 23.8 Å². The van der Waals surface area contributed by atoms with Crippen LogP contribution in [-0.4, -0.2) is 43.0 Å². The number of hydrogen-bond acceptors (Lipinski definition) is 4. The first kappa shape index (κ1) is 14.6. The summed E-state index contributed by atoms with van der Waals surface area (Å²) >= 11 is 0. The van der Waals surface area contributed by atoms with Gasteiger partial charge in [-0.1, -0.05) is 20.3 Å². The third-order valence-corrected chi connectivity index (χ3v) is 2.88. The average molecular weight is 256 g/mol. The topological polar surface area (TPSA) is 75.7 Å². The number of urea groups is 1. The summed E-state index contributed by atoms with van der Waals surface area (Å²) in [5.41, 5.74) is 0. The Bertz CT molecular complexity index is 343. The van der Waals surface area contributed by atoms with Crippen LogP contribution in [0.5, 0.6) is 0 Å². The Morgan fingerprint density at radius 2 is 2.06 bits per heavy atom. The van der Waals surface area contributed by atoms with Crippen molar-refractivity contribution in [3.63, 3.8) is 0 Å². The molecule has 1 heterocycles. The van der Waals surface area contributed by atoms with Gasteiger partial charge in [-0.15, -0.1) is 0 Å². The highest BCUT2D eigenvalue weighted by Gasteiger charge is 2.39. The van der Waals surface area contributed by atoms with Crippen LogP contribution in [0.3, 0.4) is 0 Å². The van der Waals surface area contributed by atoms with Gasteiger partial charge in [-0.2, -0.15) is 0 Å². The third-order valence-electron chi connectivity index (χ3n) is 2.88. The lowest BCUT2D eigenvalue weighted by atomic mass is 9.98. The van der Waals surface area contributed by atoms with Crippen molar-refractivity contribution in [2.45, 2.75) is 26.7 Å². The highest BCUT2D eigenvalue weighted by Crippen LogP contribution is 2.17. The van der Waals surface area contributed by atoms with E-state index in [2.05, 4.69) is 5.32 Å². The quantitative estimate of drug-likeness (QED) is 0.712. The van der Waals surface area contributed by atoms with Gasteiger partial charge in [0.15, 0.2) is 0 Å². The van der Waals surface area contributed by atoms with E-state index in [1.165, 1.54) is 0 Å². The first-order chi connectivity index (χ1) is 8.51. The number of nitrogens with one attached hydrogen (secondary N) is 1. The second kappa shape index (κ2) is 6.49. The van der Waals surface area contributed by atoms with Gasteiger partial charge in [0.2, 0.25) is 11.8 Å². The minimum absolute atomic E-state index is 0.0418. The predicted octanol–water partition coefficient (Wildman–Crippen LogP) is 0.764. The molecule has 0 saturated carbocycles. The van der Waals surface area contributed by atoms with E-state index in [4.69, 9.17) is 4.74 Å².